The van der Waals surface area contributed by atoms with E-state index >= 15 is 0 Å². The largest absolute Gasteiger partial charge is 0.471 e. The Morgan fingerprint density at radius 2 is 1.86 bits per heavy atom. The lowest BCUT2D eigenvalue weighted by atomic mass is 10.0. The molecule has 0 aromatic heterocycles. The Balaban J connectivity index is 2.70. The van der Waals surface area contributed by atoms with Crippen LogP contribution in [0.25, 0.3) is 0 Å². The van der Waals surface area contributed by atoms with E-state index in [4.69, 9.17) is 0 Å². The van der Waals surface area contributed by atoms with E-state index in [9.17, 15) is 22.8 Å². The number of alkyl halides is 3. The van der Waals surface area contributed by atoms with Crippen LogP contribution >= 0.6 is 0 Å². The van der Waals surface area contributed by atoms with Crippen molar-refractivity contribution in [2.24, 2.45) is 0 Å². The fourth-order valence-electron chi connectivity index (χ4n) is 1.79. The molecule has 21 heavy (non-hydrogen) atoms. The smallest absolute Gasteiger partial charge is 0.469 e. The van der Waals surface area contributed by atoms with Crippen LogP contribution in [0.5, 0.6) is 0 Å². The molecule has 0 aliphatic heterocycles. The quantitative estimate of drug-likeness (QED) is 0.820. The number of halogens is 3. The monoisotopic (exact) mass is 303 g/mol. The maximum atomic E-state index is 12.3. The predicted octanol–water partition coefficient (Wildman–Crippen LogP) is 2.23. The van der Waals surface area contributed by atoms with Crippen molar-refractivity contribution in [1.82, 2.24) is 5.32 Å². The molecule has 0 bridgehead atoms. The second-order valence-corrected chi connectivity index (χ2v) is 4.47. The van der Waals surface area contributed by atoms with Gasteiger partial charge in [0, 0.05) is 12.5 Å². The molecule has 0 aliphatic rings. The number of carbonyl (C=O) groups excluding carboxylic acids is 2. The summed E-state index contributed by atoms with van der Waals surface area (Å²) < 4.78 is 41.4. The first-order valence-corrected chi connectivity index (χ1v) is 6.31. The van der Waals surface area contributed by atoms with Gasteiger partial charge in [-0.1, -0.05) is 30.3 Å². The molecule has 0 fully saturated rings. The fourth-order valence-corrected chi connectivity index (χ4v) is 1.79. The molecule has 1 amide bonds. The number of hydrogen-bond donors (Lipinski definition) is 1. The van der Waals surface area contributed by atoms with Crippen molar-refractivity contribution in [2.45, 2.75) is 31.5 Å². The van der Waals surface area contributed by atoms with Crippen LogP contribution in [0.1, 0.15) is 18.4 Å². The van der Waals surface area contributed by atoms with Crippen molar-refractivity contribution in [2.75, 3.05) is 7.11 Å². The second-order valence-electron chi connectivity index (χ2n) is 4.47. The van der Waals surface area contributed by atoms with Crippen LogP contribution in [0.15, 0.2) is 30.3 Å². The van der Waals surface area contributed by atoms with Crippen molar-refractivity contribution in [3.8, 4) is 0 Å². The number of rotatable bonds is 6. The van der Waals surface area contributed by atoms with E-state index in [1.54, 1.807) is 30.3 Å². The molecule has 4 nitrogen and oxygen atoms in total. The van der Waals surface area contributed by atoms with Gasteiger partial charge in [-0.05, 0) is 18.4 Å². The second kappa shape index (κ2) is 7.66. The third-order valence-electron chi connectivity index (χ3n) is 2.84. The molecule has 1 N–H and O–H groups in total. The summed E-state index contributed by atoms with van der Waals surface area (Å²) >= 11 is 0. The van der Waals surface area contributed by atoms with Crippen molar-refractivity contribution >= 4 is 11.9 Å². The van der Waals surface area contributed by atoms with Gasteiger partial charge in [0.05, 0.1) is 7.11 Å². The molecule has 1 aromatic rings. The highest BCUT2D eigenvalue weighted by molar-refractivity contribution is 5.82. The molecule has 116 valence electrons. The van der Waals surface area contributed by atoms with Crippen molar-refractivity contribution in [3.05, 3.63) is 35.9 Å². The van der Waals surface area contributed by atoms with E-state index in [2.05, 4.69) is 4.74 Å². The molecule has 1 atom stereocenters. The summed E-state index contributed by atoms with van der Waals surface area (Å²) in [6.45, 7) is 0. The Morgan fingerprint density at radius 3 is 2.38 bits per heavy atom. The van der Waals surface area contributed by atoms with E-state index in [0.29, 0.717) is 0 Å². The summed E-state index contributed by atoms with van der Waals surface area (Å²) in [6, 6.07) is 7.97. The van der Waals surface area contributed by atoms with Gasteiger partial charge in [-0.25, -0.2) is 0 Å². The van der Waals surface area contributed by atoms with E-state index in [1.807, 2.05) is 5.32 Å². The molecular formula is C14H16F3NO3. The lowest BCUT2D eigenvalue weighted by Gasteiger charge is -2.19. The molecule has 0 aliphatic carbocycles. The first-order chi connectivity index (χ1) is 9.82. The predicted molar refractivity (Wildman–Crippen MR) is 69.4 cm³/mol. The summed E-state index contributed by atoms with van der Waals surface area (Å²) in [4.78, 5) is 22.1. The molecule has 0 saturated carbocycles. The Labute approximate surface area is 120 Å². The minimum absolute atomic E-state index is 0.0634. The maximum Gasteiger partial charge on any atom is 0.471 e. The van der Waals surface area contributed by atoms with E-state index in [1.165, 1.54) is 7.11 Å². The number of amides is 1. The van der Waals surface area contributed by atoms with Gasteiger partial charge >= 0.3 is 18.1 Å². The number of carbonyl (C=O) groups is 2. The third-order valence-corrected chi connectivity index (χ3v) is 2.84. The number of methoxy groups -OCH3 is 1. The lowest BCUT2D eigenvalue weighted by molar-refractivity contribution is -0.174. The highest BCUT2D eigenvalue weighted by atomic mass is 19.4. The number of ether oxygens (including phenoxy) is 1. The van der Waals surface area contributed by atoms with Crippen LogP contribution in [-0.4, -0.2) is 31.2 Å². The van der Waals surface area contributed by atoms with Crippen LogP contribution in [0, 0.1) is 0 Å². The molecule has 0 unspecified atom stereocenters. The molecule has 7 heteroatoms. The highest BCUT2D eigenvalue weighted by Crippen LogP contribution is 2.16. The van der Waals surface area contributed by atoms with Gasteiger partial charge in [0.1, 0.15) is 0 Å². The van der Waals surface area contributed by atoms with Gasteiger partial charge in [0.25, 0.3) is 0 Å². The number of esters is 1. The Kier molecular flexibility index (Phi) is 6.20. The molecular weight excluding hydrogens is 287 g/mol. The van der Waals surface area contributed by atoms with E-state index < -0.39 is 24.1 Å². The van der Waals surface area contributed by atoms with Crippen molar-refractivity contribution in [3.63, 3.8) is 0 Å². The summed E-state index contributed by atoms with van der Waals surface area (Å²) in [6.07, 6.45) is -4.73. The van der Waals surface area contributed by atoms with Crippen LogP contribution < -0.4 is 5.32 Å². The van der Waals surface area contributed by atoms with Gasteiger partial charge in [-0.15, -0.1) is 0 Å². The summed E-state index contributed by atoms with van der Waals surface area (Å²) in [5, 5.41) is 1.91. The number of hydrogen-bond acceptors (Lipinski definition) is 3. The first-order valence-electron chi connectivity index (χ1n) is 6.31. The van der Waals surface area contributed by atoms with Crippen LogP contribution in [0.3, 0.4) is 0 Å². The zero-order valence-electron chi connectivity index (χ0n) is 11.4. The minimum atomic E-state index is -4.94. The number of benzene rings is 1. The van der Waals surface area contributed by atoms with E-state index in [0.717, 1.165) is 5.56 Å². The summed E-state index contributed by atoms with van der Waals surface area (Å²) in [5.41, 5.74) is 0.773. The summed E-state index contributed by atoms with van der Waals surface area (Å²) in [7, 11) is 1.20. The Hall–Kier alpha value is -2.05. The fraction of sp³-hybridized carbons (Fsp3) is 0.429. The van der Waals surface area contributed by atoms with Crippen LogP contribution in [0.4, 0.5) is 13.2 Å². The van der Waals surface area contributed by atoms with Crippen molar-refractivity contribution in [1.29, 1.82) is 0 Å². The lowest BCUT2D eigenvalue weighted by Crippen LogP contribution is -2.44. The van der Waals surface area contributed by atoms with Crippen LogP contribution in [0.2, 0.25) is 0 Å². The highest BCUT2D eigenvalue weighted by Gasteiger charge is 2.39. The molecule has 1 rings (SSSR count). The molecule has 0 radical (unpaired) electrons. The average Bonchev–Trinajstić information content (AvgIpc) is 2.44. The van der Waals surface area contributed by atoms with Gasteiger partial charge in [0.15, 0.2) is 0 Å². The van der Waals surface area contributed by atoms with Crippen molar-refractivity contribution < 1.29 is 27.5 Å². The van der Waals surface area contributed by atoms with Crippen LogP contribution in [-0.2, 0) is 20.7 Å². The maximum absolute atomic E-state index is 12.3. The van der Waals surface area contributed by atoms with E-state index in [-0.39, 0.29) is 19.3 Å². The molecule has 0 saturated heterocycles. The first kappa shape index (κ1) is 17.0. The third kappa shape index (κ3) is 6.29. The SMILES string of the molecule is COC(=O)CC[C@H](Cc1ccccc1)NC(=O)C(F)(F)F. The molecule has 1 aromatic carbocycles. The Morgan fingerprint density at radius 1 is 1.24 bits per heavy atom. The number of nitrogens with one attached hydrogen (secondary N) is 1. The topological polar surface area (TPSA) is 55.4 Å². The zero-order valence-corrected chi connectivity index (χ0v) is 11.4. The zero-order chi connectivity index (χ0) is 15.9. The van der Waals surface area contributed by atoms with Gasteiger partial charge in [-0.2, -0.15) is 13.2 Å². The standard InChI is InChI=1S/C14H16F3NO3/c1-21-12(19)8-7-11(18-13(20)14(15,16)17)9-10-5-3-2-4-6-10/h2-6,11H,7-9H2,1H3,(H,18,20)/t11-/m1/s1. The average molecular weight is 303 g/mol. The molecule has 0 heterocycles. The van der Waals surface area contributed by atoms with Gasteiger partial charge in [0.2, 0.25) is 0 Å². The summed E-state index contributed by atoms with van der Waals surface area (Å²) in [5.74, 6) is -2.54. The Bertz CT molecular complexity index is 474. The van der Waals surface area contributed by atoms with Gasteiger partial charge in [-0.3, -0.25) is 9.59 Å². The molecule has 0 spiro atoms. The van der Waals surface area contributed by atoms with Gasteiger partial charge < -0.3 is 10.1 Å². The normalized spacial score (nSPS) is 12.6. The minimum Gasteiger partial charge on any atom is -0.469 e.